The van der Waals surface area contributed by atoms with Crippen LogP contribution in [0.15, 0.2) is 0 Å². The molecule has 3 atom stereocenters. The molecular weight excluding hydrogens is 156 g/mol. The highest BCUT2D eigenvalue weighted by Gasteiger charge is 2.35. The molecule has 0 radical (unpaired) electrons. The van der Waals surface area contributed by atoms with Crippen LogP contribution in [0.25, 0.3) is 0 Å². The third kappa shape index (κ3) is 1.97. The molecule has 0 saturated heterocycles. The first-order valence-corrected chi connectivity index (χ1v) is 4.49. The average molecular weight is 172 g/mol. The zero-order valence-corrected chi connectivity index (χ0v) is 7.62. The van der Waals surface area contributed by atoms with Crippen molar-refractivity contribution >= 4 is 5.97 Å². The topological polar surface area (TPSA) is 46.5 Å². The van der Waals surface area contributed by atoms with Crippen LogP contribution in [-0.4, -0.2) is 23.8 Å². The molecule has 0 unspecified atom stereocenters. The molecule has 0 amide bonds. The molecule has 1 N–H and O–H groups in total. The summed E-state index contributed by atoms with van der Waals surface area (Å²) in [5.41, 5.74) is 0. The summed E-state index contributed by atoms with van der Waals surface area (Å²) in [5, 5.41) is 9.28. The van der Waals surface area contributed by atoms with Gasteiger partial charge in [-0.15, -0.1) is 0 Å². The molecular formula is C9H16O3. The highest BCUT2D eigenvalue weighted by atomic mass is 16.5. The lowest BCUT2D eigenvalue weighted by atomic mass is 9.99. The van der Waals surface area contributed by atoms with Gasteiger partial charge >= 0.3 is 5.97 Å². The van der Waals surface area contributed by atoms with Gasteiger partial charge in [-0.1, -0.05) is 6.92 Å². The quantitative estimate of drug-likeness (QED) is 0.631. The highest BCUT2D eigenvalue weighted by molar-refractivity contribution is 5.73. The second-order valence-electron chi connectivity index (χ2n) is 3.46. The molecule has 3 heteroatoms. The van der Waals surface area contributed by atoms with E-state index in [2.05, 4.69) is 0 Å². The van der Waals surface area contributed by atoms with Crippen molar-refractivity contribution in [3.8, 4) is 0 Å². The van der Waals surface area contributed by atoms with Crippen molar-refractivity contribution in [1.82, 2.24) is 0 Å². The van der Waals surface area contributed by atoms with Gasteiger partial charge in [0.15, 0.2) is 0 Å². The predicted octanol–water partition coefficient (Wildman–Crippen LogP) is 0.957. The number of hydrogen-bond donors (Lipinski definition) is 1. The van der Waals surface area contributed by atoms with Gasteiger partial charge in [0.05, 0.1) is 18.6 Å². The van der Waals surface area contributed by atoms with E-state index in [0.717, 1.165) is 6.42 Å². The minimum absolute atomic E-state index is 0.0834. The molecule has 70 valence electrons. The van der Waals surface area contributed by atoms with Crippen molar-refractivity contribution in [3.63, 3.8) is 0 Å². The van der Waals surface area contributed by atoms with E-state index in [0.29, 0.717) is 13.0 Å². The molecule has 0 heterocycles. The van der Waals surface area contributed by atoms with E-state index in [-0.39, 0.29) is 23.9 Å². The maximum atomic E-state index is 11.3. The monoisotopic (exact) mass is 172 g/mol. The number of esters is 1. The zero-order valence-electron chi connectivity index (χ0n) is 7.62. The average Bonchev–Trinajstić information content (AvgIpc) is 2.30. The zero-order chi connectivity index (χ0) is 9.14. The maximum Gasteiger partial charge on any atom is 0.309 e. The molecule has 0 aromatic rings. The van der Waals surface area contributed by atoms with Crippen LogP contribution < -0.4 is 0 Å². The fourth-order valence-corrected chi connectivity index (χ4v) is 1.79. The molecule has 0 aromatic carbocycles. The normalized spacial score (nSPS) is 35.1. The Morgan fingerprint density at radius 3 is 2.67 bits per heavy atom. The molecule has 0 aliphatic heterocycles. The summed E-state index contributed by atoms with van der Waals surface area (Å²) < 4.78 is 4.89. The Labute approximate surface area is 72.7 Å². The number of carbonyl (C=O) groups is 1. The van der Waals surface area contributed by atoms with Gasteiger partial charge in [0, 0.05) is 0 Å². The smallest absolute Gasteiger partial charge is 0.309 e. The van der Waals surface area contributed by atoms with E-state index in [1.807, 2.05) is 6.92 Å². The molecule has 12 heavy (non-hydrogen) atoms. The lowest BCUT2D eigenvalue weighted by Crippen LogP contribution is -2.19. The SMILES string of the molecule is CCOC(=O)[C@@H]1C[C@H](O)C[C@@H]1C. The third-order valence-electron chi connectivity index (χ3n) is 2.45. The van der Waals surface area contributed by atoms with E-state index in [9.17, 15) is 9.90 Å². The summed E-state index contributed by atoms with van der Waals surface area (Å²) >= 11 is 0. The molecule has 0 spiro atoms. The van der Waals surface area contributed by atoms with Gasteiger partial charge in [-0.05, 0) is 25.7 Å². The van der Waals surface area contributed by atoms with Crippen molar-refractivity contribution in [1.29, 1.82) is 0 Å². The van der Waals surface area contributed by atoms with Gasteiger partial charge in [0.25, 0.3) is 0 Å². The predicted molar refractivity (Wildman–Crippen MR) is 44.5 cm³/mol. The summed E-state index contributed by atoms with van der Waals surface area (Å²) in [6.45, 7) is 4.21. The lowest BCUT2D eigenvalue weighted by molar-refractivity contribution is -0.149. The number of ether oxygens (including phenoxy) is 1. The fraction of sp³-hybridized carbons (Fsp3) is 0.889. The summed E-state index contributed by atoms with van der Waals surface area (Å²) in [5.74, 6) is 0.0283. The largest absolute Gasteiger partial charge is 0.466 e. The molecule has 1 saturated carbocycles. The van der Waals surface area contributed by atoms with Gasteiger partial charge in [-0.2, -0.15) is 0 Å². The van der Waals surface area contributed by atoms with Crippen molar-refractivity contribution in [3.05, 3.63) is 0 Å². The van der Waals surface area contributed by atoms with Crippen LogP contribution in [0, 0.1) is 11.8 Å². The van der Waals surface area contributed by atoms with Gasteiger partial charge < -0.3 is 9.84 Å². The van der Waals surface area contributed by atoms with E-state index in [4.69, 9.17) is 4.74 Å². The van der Waals surface area contributed by atoms with Crippen LogP contribution in [-0.2, 0) is 9.53 Å². The van der Waals surface area contributed by atoms with Crippen LogP contribution in [0.5, 0.6) is 0 Å². The van der Waals surface area contributed by atoms with Gasteiger partial charge in [-0.3, -0.25) is 4.79 Å². The Kier molecular flexibility index (Phi) is 3.09. The Bertz CT molecular complexity index is 167. The molecule has 1 fully saturated rings. The van der Waals surface area contributed by atoms with E-state index in [1.54, 1.807) is 6.92 Å². The van der Waals surface area contributed by atoms with Crippen molar-refractivity contribution in [2.75, 3.05) is 6.61 Å². The van der Waals surface area contributed by atoms with Crippen molar-refractivity contribution < 1.29 is 14.6 Å². The fourth-order valence-electron chi connectivity index (χ4n) is 1.79. The number of aliphatic hydroxyl groups excluding tert-OH is 1. The summed E-state index contributed by atoms with van der Waals surface area (Å²) in [6.07, 6.45) is 0.984. The van der Waals surface area contributed by atoms with E-state index >= 15 is 0 Å². The number of carbonyl (C=O) groups excluding carboxylic acids is 1. The van der Waals surface area contributed by atoms with Crippen LogP contribution in [0.2, 0.25) is 0 Å². The molecule has 0 aromatic heterocycles. The number of aliphatic hydroxyl groups is 1. The van der Waals surface area contributed by atoms with Gasteiger partial charge in [0.2, 0.25) is 0 Å². The second-order valence-corrected chi connectivity index (χ2v) is 3.46. The van der Waals surface area contributed by atoms with Crippen LogP contribution >= 0.6 is 0 Å². The summed E-state index contributed by atoms with van der Waals surface area (Å²) in [4.78, 5) is 11.3. The summed E-state index contributed by atoms with van der Waals surface area (Å²) in [7, 11) is 0. The van der Waals surface area contributed by atoms with Crippen LogP contribution in [0.1, 0.15) is 26.7 Å². The van der Waals surface area contributed by atoms with E-state index in [1.165, 1.54) is 0 Å². The molecule has 1 rings (SSSR count). The third-order valence-corrected chi connectivity index (χ3v) is 2.45. The first kappa shape index (κ1) is 9.52. The van der Waals surface area contributed by atoms with Crippen LogP contribution in [0.4, 0.5) is 0 Å². The summed E-state index contributed by atoms with van der Waals surface area (Å²) in [6, 6.07) is 0. The number of hydrogen-bond acceptors (Lipinski definition) is 3. The van der Waals surface area contributed by atoms with Crippen LogP contribution in [0.3, 0.4) is 0 Å². The van der Waals surface area contributed by atoms with E-state index < -0.39 is 0 Å². The molecule has 1 aliphatic carbocycles. The Morgan fingerprint density at radius 2 is 2.25 bits per heavy atom. The van der Waals surface area contributed by atoms with Gasteiger partial charge in [-0.25, -0.2) is 0 Å². The first-order chi connectivity index (χ1) is 5.65. The minimum atomic E-state index is -0.311. The van der Waals surface area contributed by atoms with Crippen molar-refractivity contribution in [2.24, 2.45) is 11.8 Å². The molecule has 0 bridgehead atoms. The Morgan fingerprint density at radius 1 is 1.58 bits per heavy atom. The minimum Gasteiger partial charge on any atom is -0.466 e. The number of rotatable bonds is 2. The molecule has 1 aliphatic rings. The van der Waals surface area contributed by atoms with Crippen molar-refractivity contribution in [2.45, 2.75) is 32.8 Å². The molecule has 3 nitrogen and oxygen atoms in total. The Hall–Kier alpha value is -0.570. The lowest BCUT2D eigenvalue weighted by Gasteiger charge is -2.12. The standard InChI is InChI=1S/C9H16O3/c1-3-12-9(11)8-5-7(10)4-6(8)2/h6-8,10H,3-5H2,1-2H3/t6-,7+,8+/m0/s1. The Balaban J connectivity index is 2.46. The van der Waals surface area contributed by atoms with Gasteiger partial charge in [0.1, 0.15) is 0 Å². The second kappa shape index (κ2) is 3.90. The highest BCUT2D eigenvalue weighted by Crippen LogP contribution is 2.32. The first-order valence-electron chi connectivity index (χ1n) is 4.49. The maximum absolute atomic E-state index is 11.3.